The highest BCUT2D eigenvalue weighted by molar-refractivity contribution is 7.86. The average molecular weight is 444 g/mol. The maximum absolute atomic E-state index is 11.5. The summed E-state index contributed by atoms with van der Waals surface area (Å²) < 4.78 is 28.1. The van der Waals surface area contributed by atoms with Crippen molar-refractivity contribution in [2.24, 2.45) is 5.16 Å². The van der Waals surface area contributed by atoms with Crippen molar-refractivity contribution in [3.63, 3.8) is 0 Å². The van der Waals surface area contributed by atoms with Crippen molar-refractivity contribution in [3.8, 4) is 5.75 Å². The molecule has 1 aromatic carbocycles. The average Bonchev–Trinajstić information content (AvgIpc) is 3.31. The van der Waals surface area contributed by atoms with Crippen LogP contribution in [0, 0.1) is 0 Å². The topological polar surface area (TPSA) is 89.9 Å². The molecule has 1 saturated heterocycles. The van der Waals surface area contributed by atoms with Crippen LogP contribution < -0.4 is 9.50 Å². The van der Waals surface area contributed by atoms with Gasteiger partial charge in [0.1, 0.15) is 11.5 Å². The van der Waals surface area contributed by atoms with Gasteiger partial charge in [-0.1, -0.05) is 23.4 Å². The maximum atomic E-state index is 11.5. The number of piperidine rings is 1. The highest BCUT2D eigenvalue weighted by Crippen LogP contribution is 2.36. The minimum absolute atomic E-state index is 0. The number of hydrogen-bond donors (Lipinski definition) is 1. The Balaban J connectivity index is 0.00000225. The number of oxime groups is 1. The highest BCUT2D eigenvalue weighted by atomic mass is 35.5. The van der Waals surface area contributed by atoms with Gasteiger partial charge >= 0.3 is 10.1 Å². The minimum Gasteiger partial charge on any atom is -0.387 e. The van der Waals surface area contributed by atoms with Gasteiger partial charge in [0.05, 0.1) is 17.0 Å². The summed E-state index contributed by atoms with van der Waals surface area (Å²) in [5, 5.41) is 10.8. The Kier molecular flexibility index (Phi) is 6.59. The van der Waals surface area contributed by atoms with Crippen LogP contribution in [-0.4, -0.2) is 38.5 Å². The molecule has 0 aliphatic carbocycles. The maximum Gasteiger partial charge on any atom is 0.306 e. The van der Waals surface area contributed by atoms with Crippen LogP contribution in [0.4, 0.5) is 0 Å². The summed E-state index contributed by atoms with van der Waals surface area (Å²) in [7, 11) is -3.61. The van der Waals surface area contributed by atoms with E-state index in [1.807, 2.05) is 11.4 Å². The fourth-order valence-corrected chi connectivity index (χ4v) is 4.84. The lowest BCUT2D eigenvalue weighted by atomic mass is 9.99. The molecule has 0 radical (unpaired) electrons. The zero-order valence-corrected chi connectivity index (χ0v) is 17.8. The molecule has 2 aromatic rings. The van der Waals surface area contributed by atoms with Crippen molar-refractivity contribution in [2.75, 3.05) is 19.3 Å². The fourth-order valence-electron chi connectivity index (χ4n) is 3.36. The van der Waals surface area contributed by atoms with Gasteiger partial charge in [-0.3, -0.25) is 0 Å². The molecule has 0 saturated carbocycles. The number of halogens is 1. The summed E-state index contributed by atoms with van der Waals surface area (Å²) in [5.74, 6) is 0.780. The molecule has 1 aromatic heterocycles. The van der Waals surface area contributed by atoms with Crippen LogP contribution in [0.25, 0.3) is 0 Å². The molecule has 10 heteroatoms. The Morgan fingerprint density at radius 1 is 1.25 bits per heavy atom. The lowest BCUT2D eigenvalue weighted by Gasteiger charge is -2.20. The molecule has 4 rings (SSSR count). The van der Waals surface area contributed by atoms with Crippen LogP contribution in [-0.2, 0) is 15.0 Å². The SMILES string of the molecule is CS(=O)(=O)Oc1ccccc1C1CC(c2csc(C3CCNCC3)n2)=NO1.Cl. The molecule has 3 heterocycles. The van der Waals surface area contributed by atoms with Gasteiger partial charge < -0.3 is 14.3 Å². The molecule has 2 aliphatic rings. The highest BCUT2D eigenvalue weighted by Gasteiger charge is 2.29. The van der Waals surface area contributed by atoms with E-state index in [1.165, 1.54) is 0 Å². The number of aromatic nitrogens is 1. The Labute approximate surface area is 174 Å². The number of hydrogen-bond acceptors (Lipinski definition) is 8. The molecule has 1 N–H and O–H groups in total. The second kappa shape index (κ2) is 8.77. The van der Waals surface area contributed by atoms with E-state index in [9.17, 15) is 8.42 Å². The summed E-state index contributed by atoms with van der Waals surface area (Å²) in [6, 6.07) is 6.97. The number of rotatable bonds is 5. The number of nitrogens with one attached hydrogen (secondary N) is 1. The summed E-state index contributed by atoms with van der Waals surface area (Å²) in [5.41, 5.74) is 2.29. The van der Waals surface area contributed by atoms with Crippen molar-refractivity contribution in [2.45, 2.75) is 31.3 Å². The Morgan fingerprint density at radius 2 is 2.00 bits per heavy atom. The Bertz CT molecular complexity index is 955. The van der Waals surface area contributed by atoms with Gasteiger partial charge in [0.15, 0.2) is 6.10 Å². The molecule has 0 amide bonds. The van der Waals surface area contributed by atoms with E-state index in [1.54, 1.807) is 29.5 Å². The van der Waals surface area contributed by atoms with Crippen molar-refractivity contribution < 1.29 is 17.4 Å². The summed E-state index contributed by atoms with van der Waals surface area (Å²) in [4.78, 5) is 10.4. The molecule has 2 aliphatic heterocycles. The fraction of sp³-hybridized carbons (Fsp3) is 0.444. The molecule has 1 fully saturated rings. The first-order valence-electron chi connectivity index (χ1n) is 8.87. The van der Waals surface area contributed by atoms with Crippen molar-refractivity contribution >= 4 is 39.6 Å². The molecule has 0 spiro atoms. The third-order valence-corrected chi connectivity index (χ3v) is 6.17. The van der Waals surface area contributed by atoms with Crippen molar-refractivity contribution in [1.29, 1.82) is 0 Å². The third-order valence-electron chi connectivity index (χ3n) is 4.68. The van der Waals surface area contributed by atoms with Gasteiger partial charge in [0.25, 0.3) is 0 Å². The van der Waals surface area contributed by atoms with Gasteiger partial charge in [-0.25, -0.2) is 4.98 Å². The quantitative estimate of drug-likeness (QED) is 0.713. The predicted octanol–water partition coefficient (Wildman–Crippen LogP) is 3.24. The van der Waals surface area contributed by atoms with Gasteiger partial charge in [-0.15, -0.1) is 23.7 Å². The van der Waals surface area contributed by atoms with Crippen LogP contribution in [0.3, 0.4) is 0 Å². The Hall–Kier alpha value is -1.68. The number of thiazole rings is 1. The first kappa shape index (κ1) is 21.0. The van der Waals surface area contributed by atoms with Gasteiger partial charge in [-0.05, 0) is 32.0 Å². The lowest BCUT2D eigenvalue weighted by Crippen LogP contribution is -2.26. The van der Waals surface area contributed by atoms with E-state index in [0.29, 0.717) is 17.9 Å². The zero-order valence-electron chi connectivity index (χ0n) is 15.3. The van der Waals surface area contributed by atoms with E-state index < -0.39 is 10.1 Å². The summed E-state index contributed by atoms with van der Waals surface area (Å²) >= 11 is 1.67. The van der Waals surface area contributed by atoms with Crippen molar-refractivity contribution in [1.82, 2.24) is 10.3 Å². The summed E-state index contributed by atoms with van der Waals surface area (Å²) in [6.45, 7) is 2.06. The van der Waals surface area contributed by atoms with E-state index in [0.717, 1.165) is 48.6 Å². The first-order chi connectivity index (χ1) is 13.0. The molecule has 152 valence electrons. The van der Waals surface area contributed by atoms with E-state index >= 15 is 0 Å². The van der Waals surface area contributed by atoms with Gasteiger partial charge in [0.2, 0.25) is 0 Å². The molecule has 0 bridgehead atoms. The van der Waals surface area contributed by atoms with E-state index in [-0.39, 0.29) is 24.3 Å². The largest absolute Gasteiger partial charge is 0.387 e. The van der Waals surface area contributed by atoms with Crippen LogP contribution in [0.1, 0.15) is 47.5 Å². The summed E-state index contributed by atoms with van der Waals surface area (Å²) in [6.07, 6.45) is 3.38. The van der Waals surface area contributed by atoms with E-state index in [4.69, 9.17) is 14.0 Å². The molecule has 28 heavy (non-hydrogen) atoms. The first-order valence-corrected chi connectivity index (χ1v) is 11.6. The molecular weight excluding hydrogens is 422 g/mol. The zero-order chi connectivity index (χ0) is 18.9. The van der Waals surface area contributed by atoms with Crippen LogP contribution >= 0.6 is 23.7 Å². The lowest BCUT2D eigenvalue weighted by molar-refractivity contribution is 0.0845. The molecular formula is C18H22ClN3O4S2. The Morgan fingerprint density at radius 3 is 2.75 bits per heavy atom. The van der Waals surface area contributed by atoms with Crippen LogP contribution in [0.5, 0.6) is 5.75 Å². The normalized spacial score (nSPS) is 20.2. The van der Waals surface area contributed by atoms with Gasteiger partial charge in [0, 0.05) is 23.3 Å². The van der Waals surface area contributed by atoms with E-state index in [2.05, 4.69) is 10.5 Å². The third kappa shape index (κ3) is 4.83. The second-order valence-corrected chi connectivity index (χ2v) is 9.22. The molecule has 1 unspecified atom stereocenters. The molecule has 7 nitrogen and oxygen atoms in total. The minimum atomic E-state index is -3.61. The second-order valence-electron chi connectivity index (χ2n) is 6.76. The predicted molar refractivity (Wildman–Crippen MR) is 111 cm³/mol. The number of benzene rings is 1. The smallest absolute Gasteiger partial charge is 0.306 e. The number of nitrogens with zero attached hydrogens (tertiary/aromatic N) is 2. The van der Waals surface area contributed by atoms with Crippen LogP contribution in [0.15, 0.2) is 34.8 Å². The van der Waals surface area contributed by atoms with Gasteiger partial charge in [-0.2, -0.15) is 8.42 Å². The standard InChI is InChI=1S/C18H21N3O4S2.ClH/c1-27(22,23)25-16-5-3-2-4-13(16)17-10-14(21-24-17)15-11-26-18(20-15)12-6-8-19-9-7-12;/h2-5,11-12,17,19H,6-10H2,1H3;1H. The van der Waals surface area contributed by atoms with Crippen molar-refractivity contribution in [3.05, 3.63) is 45.9 Å². The molecule has 1 atom stereocenters. The van der Waals surface area contributed by atoms with Crippen LogP contribution in [0.2, 0.25) is 0 Å². The number of para-hydroxylation sites is 1. The monoisotopic (exact) mass is 443 g/mol.